The number of carboxylic acid groups (broad SMARTS) is 1. The quantitative estimate of drug-likeness (QED) is 0.495. The first kappa shape index (κ1) is 25.7. The summed E-state index contributed by atoms with van der Waals surface area (Å²) in [5.74, 6) is -1.67. The van der Waals surface area contributed by atoms with Gasteiger partial charge < -0.3 is 15.5 Å². The van der Waals surface area contributed by atoms with Crippen molar-refractivity contribution in [3.05, 3.63) is 59.2 Å². The Kier molecular flexibility index (Phi) is 7.41. The number of aryl methyl sites for hydroxylation is 1. The summed E-state index contributed by atoms with van der Waals surface area (Å²) in [4.78, 5) is 25.2. The molecule has 1 saturated carbocycles. The lowest BCUT2D eigenvalue weighted by atomic mass is 9.69. The highest BCUT2D eigenvalue weighted by molar-refractivity contribution is 5.99. The summed E-state index contributed by atoms with van der Waals surface area (Å²) in [6.45, 7) is 4.04. The van der Waals surface area contributed by atoms with Gasteiger partial charge in [-0.3, -0.25) is 4.79 Å². The van der Waals surface area contributed by atoms with E-state index in [4.69, 9.17) is 0 Å². The summed E-state index contributed by atoms with van der Waals surface area (Å²) >= 11 is 0. The van der Waals surface area contributed by atoms with E-state index in [-0.39, 0.29) is 17.6 Å². The summed E-state index contributed by atoms with van der Waals surface area (Å²) < 4.78 is 39.8. The molecule has 1 aliphatic rings. The third-order valence-electron chi connectivity index (χ3n) is 6.70. The van der Waals surface area contributed by atoms with E-state index in [9.17, 15) is 33.0 Å². The van der Waals surface area contributed by atoms with Crippen molar-refractivity contribution in [1.82, 2.24) is 5.32 Å². The smallest absolute Gasteiger partial charge is 0.416 e. The largest absolute Gasteiger partial charge is 0.480 e. The fourth-order valence-corrected chi connectivity index (χ4v) is 4.37. The van der Waals surface area contributed by atoms with E-state index < -0.39 is 29.2 Å². The minimum absolute atomic E-state index is 0.00526. The highest BCUT2D eigenvalue weighted by Gasteiger charge is 2.45. The number of rotatable bonds is 7. The Hall–Kier alpha value is -2.87. The highest BCUT2D eigenvalue weighted by Crippen LogP contribution is 2.41. The number of hydrogen-bond donors (Lipinski definition) is 3. The van der Waals surface area contributed by atoms with Crippen molar-refractivity contribution in [2.45, 2.75) is 64.1 Å². The average Bonchev–Trinajstić information content (AvgIpc) is 2.78. The Morgan fingerprint density at radius 2 is 1.71 bits per heavy atom. The van der Waals surface area contributed by atoms with Crippen LogP contribution in [-0.4, -0.2) is 34.2 Å². The van der Waals surface area contributed by atoms with Gasteiger partial charge in [-0.2, -0.15) is 13.2 Å². The number of benzene rings is 2. The maximum Gasteiger partial charge on any atom is 0.416 e. The fourth-order valence-electron chi connectivity index (χ4n) is 4.37. The van der Waals surface area contributed by atoms with Crippen LogP contribution in [0.25, 0.3) is 11.1 Å². The SMILES string of the molecule is CC1(C)CCC(NC(=O)c2ccc(CCCO)c(-c3cccc(C(F)(F)F)c3)c2)(C(=O)O)CC1. The van der Waals surface area contributed by atoms with Crippen LogP contribution in [0.2, 0.25) is 0 Å². The Labute approximate surface area is 197 Å². The normalized spacial score (nSPS) is 17.2. The monoisotopic (exact) mass is 477 g/mol. The molecule has 2 aromatic carbocycles. The molecule has 5 nitrogen and oxygen atoms in total. The Bertz CT molecular complexity index is 1050. The van der Waals surface area contributed by atoms with Crippen LogP contribution in [-0.2, 0) is 17.4 Å². The van der Waals surface area contributed by atoms with Gasteiger partial charge in [0, 0.05) is 12.2 Å². The van der Waals surface area contributed by atoms with Gasteiger partial charge in [-0.05, 0) is 84.9 Å². The molecule has 3 rings (SSSR count). The lowest BCUT2D eigenvalue weighted by Crippen LogP contribution is -2.57. The van der Waals surface area contributed by atoms with Crippen molar-refractivity contribution in [1.29, 1.82) is 0 Å². The molecule has 0 heterocycles. The summed E-state index contributed by atoms with van der Waals surface area (Å²) in [5.41, 5.74) is -0.579. The third kappa shape index (κ3) is 5.78. The van der Waals surface area contributed by atoms with Gasteiger partial charge in [0.1, 0.15) is 5.54 Å². The molecule has 0 aromatic heterocycles. The van der Waals surface area contributed by atoms with E-state index in [1.807, 2.05) is 0 Å². The van der Waals surface area contributed by atoms with Gasteiger partial charge in [0.15, 0.2) is 0 Å². The topological polar surface area (TPSA) is 86.6 Å². The zero-order valence-corrected chi connectivity index (χ0v) is 19.3. The number of halogens is 3. The molecule has 0 radical (unpaired) electrons. The lowest BCUT2D eigenvalue weighted by Gasteiger charge is -2.41. The van der Waals surface area contributed by atoms with Gasteiger partial charge in [-0.1, -0.05) is 32.0 Å². The molecule has 0 bridgehead atoms. The Balaban J connectivity index is 1.97. The first-order valence-electron chi connectivity index (χ1n) is 11.3. The second kappa shape index (κ2) is 9.78. The standard InChI is InChI=1S/C26H30F3NO4/c1-24(2)10-12-25(13-11-24,23(33)34)30-22(32)19-9-8-17(6-4-14-31)21(16-19)18-5-3-7-20(15-18)26(27,28)29/h3,5,7-9,15-16,31H,4,6,10-14H2,1-2H3,(H,30,32)(H,33,34). The van der Waals surface area contributed by atoms with Crippen LogP contribution in [0.1, 0.15) is 67.4 Å². The first-order valence-corrected chi connectivity index (χ1v) is 11.3. The number of hydrogen-bond acceptors (Lipinski definition) is 3. The van der Waals surface area contributed by atoms with Crippen LogP contribution < -0.4 is 5.32 Å². The average molecular weight is 478 g/mol. The molecule has 8 heteroatoms. The number of aliphatic carboxylic acids is 1. The van der Waals surface area contributed by atoms with Gasteiger partial charge in [-0.15, -0.1) is 0 Å². The minimum atomic E-state index is -4.51. The van der Waals surface area contributed by atoms with E-state index in [1.54, 1.807) is 12.1 Å². The van der Waals surface area contributed by atoms with Crippen LogP contribution >= 0.6 is 0 Å². The van der Waals surface area contributed by atoms with Gasteiger partial charge in [0.05, 0.1) is 5.56 Å². The molecule has 0 spiro atoms. The van der Waals surface area contributed by atoms with E-state index in [0.717, 1.165) is 12.1 Å². The first-order chi connectivity index (χ1) is 15.9. The molecule has 1 aliphatic carbocycles. The van der Waals surface area contributed by atoms with Crippen LogP contribution in [0.15, 0.2) is 42.5 Å². The van der Waals surface area contributed by atoms with Crippen molar-refractivity contribution in [3.63, 3.8) is 0 Å². The third-order valence-corrected chi connectivity index (χ3v) is 6.70. The molecule has 2 aromatic rings. The number of aliphatic hydroxyl groups is 1. The zero-order valence-electron chi connectivity index (χ0n) is 19.3. The molecule has 1 amide bonds. The predicted octanol–water partition coefficient (Wildman–Crippen LogP) is 5.45. The predicted molar refractivity (Wildman–Crippen MR) is 122 cm³/mol. The van der Waals surface area contributed by atoms with Crippen LogP contribution in [0.3, 0.4) is 0 Å². The number of alkyl halides is 3. The molecule has 0 aliphatic heterocycles. The molecule has 34 heavy (non-hydrogen) atoms. The number of aliphatic hydroxyl groups excluding tert-OH is 1. The number of amides is 1. The van der Waals surface area contributed by atoms with E-state index >= 15 is 0 Å². The lowest BCUT2D eigenvalue weighted by molar-refractivity contribution is -0.147. The van der Waals surface area contributed by atoms with Crippen molar-refractivity contribution in [2.75, 3.05) is 6.61 Å². The van der Waals surface area contributed by atoms with Crippen LogP contribution in [0, 0.1) is 5.41 Å². The molecule has 0 unspecified atom stereocenters. The Morgan fingerprint density at radius 1 is 1.03 bits per heavy atom. The molecule has 3 N–H and O–H groups in total. The maximum atomic E-state index is 13.3. The van der Waals surface area contributed by atoms with Gasteiger partial charge >= 0.3 is 12.1 Å². The molecular formula is C26H30F3NO4. The summed E-state index contributed by atoms with van der Waals surface area (Å²) in [5, 5.41) is 21.8. The Morgan fingerprint density at radius 3 is 2.29 bits per heavy atom. The van der Waals surface area contributed by atoms with Crippen molar-refractivity contribution < 1.29 is 33.0 Å². The van der Waals surface area contributed by atoms with E-state index in [2.05, 4.69) is 19.2 Å². The molecule has 0 saturated heterocycles. The number of carboxylic acids is 1. The molecular weight excluding hydrogens is 447 g/mol. The zero-order chi connectivity index (χ0) is 25.1. The van der Waals surface area contributed by atoms with E-state index in [1.165, 1.54) is 18.2 Å². The summed E-state index contributed by atoms with van der Waals surface area (Å²) in [6, 6.07) is 9.55. The van der Waals surface area contributed by atoms with Crippen LogP contribution in [0.4, 0.5) is 13.2 Å². The minimum Gasteiger partial charge on any atom is -0.480 e. The van der Waals surface area contributed by atoms with Crippen molar-refractivity contribution in [2.24, 2.45) is 5.41 Å². The van der Waals surface area contributed by atoms with Gasteiger partial charge in [0.2, 0.25) is 0 Å². The van der Waals surface area contributed by atoms with Crippen LogP contribution in [0.5, 0.6) is 0 Å². The molecule has 184 valence electrons. The number of nitrogens with one attached hydrogen (secondary N) is 1. The van der Waals surface area contributed by atoms with E-state index in [0.29, 0.717) is 55.2 Å². The van der Waals surface area contributed by atoms with Crippen molar-refractivity contribution >= 4 is 11.9 Å². The summed E-state index contributed by atoms with van der Waals surface area (Å²) in [7, 11) is 0. The second-order valence-corrected chi connectivity index (χ2v) is 9.78. The van der Waals surface area contributed by atoms with Gasteiger partial charge in [0.25, 0.3) is 5.91 Å². The van der Waals surface area contributed by atoms with Gasteiger partial charge in [-0.25, -0.2) is 4.79 Å². The fraction of sp³-hybridized carbons (Fsp3) is 0.462. The second-order valence-electron chi connectivity index (χ2n) is 9.78. The highest BCUT2D eigenvalue weighted by atomic mass is 19.4. The molecule has 1 fully saturated rings. The summed E-state index contributed by atoms with van der Waals surface area (Å²) in [6.07, 6.45) is -1.79. The van der Waals surface area contributed by atoms with Crippen molar-refractivity contribution in [3.8, 4) is 11.1 Å². The number of carbonyl (C=O) groups is 2. The maximum absolute atomic E-state index is 13.3. The number of carbonyl (C=O) groups excluding carboxylic acids is 1. The molecule has 0 atom stereocenters.